The number of para-hydroxylation sites is 3. The zero-order valence-corrected chi connectivity index (χ0v) is 31.8. The molecule has 0 atom stereocenters. The molecule has 0 radical (unpaired) electrons. The molecule has 2 aliphatic heterocycles. The standard InChI is InChI=1S/C14H10Cl2N2.C13H9ClN2O.C8H11N.Cl3OP/c1-18-12-5-3-2-4-10(12)14(16)17-11-8-9(15)6-7-13(11)18;14-8-5-6-11-12(7-8)16-13(17)9-3-1-2-4-10(9)15-11;1-9(2)8-6-4-3-5-7-8;1-5(2,3)4/h2-8H,1H3;1-7,15H,(H,16,17);3-7H,1-2H3;. The summed E-state index contributed by atoms with van der Waals surface area (Å²) in [4.78, 5) is 20.6. The van der Waals surface area contributed by atoms with Gasteiger partial charge in [0.2, 0.25) is 0 Å². The van der Waals surface area contributed by atoms with E-state index in [4.69, 9.17) is 34.8 Å². The molecule has 2 heterocycles. The Morgan fingerprint density at radius 2 is 1.22 bits per heavy atom. The number of halogens is 6. The van der Waals surface area contributed by atoms with Crippen molar-refractivity contribution in [2.24, 2.45) is 4.99 Å². The van der Waals surface area contributed by atoms with Crippen LogP contribution in [0, 0.1) is 0 Å². The van der Waals surface area contributed by atoms with E-state index in [1.807, 2.05) is 106 Å². The SMILES string of the molecule is CN(C)c1ccccc1.CN1c2ccc(Cl)cc2N=C(Cl)c2ccccc21.O=C1Nc2cc(Cl)ccc2Nc2ccccc21.O=P(Cl)(Cl)Cl. The number of hydrogen-bond acceptors (Lipinski definition) is 6. The van der Waals surface area contributed by atoms with Gasteiger partial charge in [-0.15, -0.1) is 0 Å². The van der Waals surface area contributed by atoms with Gasteiger partial charge in [-0.1, -0.05) is 77.3 Å². The van der Waals surface area contributed by atoms with Gasteiger partial charge < -0.3 is 20.4 Å². The fourth-order valence-electron chi connectivity index (χ4n) is 4.69. The van der Waals surface area contributed by atoms with Gasteiger partial charge in [-0.25, -0.2) is 4.99 Å². The first-order valence-corrected chi connectivity index (χ1v) is 20.0. The van der Waals surface area contributed by atoms with E-state index in [-0.39, 0.29) is 5.91 Å². The number of anilines is 6. The molecule has 7 nitrogen and oxygen atoms in total. The molecule has 2 aliphatic rings. The van der Waals surface area contributed by atoms with Crippen molar-refractivity contribution in [3.05, 3.63) is 136 Å². The van der Waals surface area contributed by atoms with Crippen LogP contribution in [0.1, 0.15) is 15.9 Å². The van der Waals surface area contributed by atoms with Crippen molar-refractivity contribution >= 4 is 125 Å². The van der Waals surface area contributed by atoms with E-state index in [0.29, 0.717) is 26.5 Å². The predicted molar refractivity (Wildman–Crippen MR) is 213 cm³/mol. The molecule has 0 saturated heterocycles. The van der Waals surface area contributed by atoms with Crippen LogP contribution >= 0.6 is 73.7 Å². The Hall–Kier alpha value is -3.39. The molecule has 7 rings (SSSR count). The predicted octanol–water partition coefficient (Wildman–Crippen LogP) is 13.0. The summed E-state index contributed by atoms with van der Waals surface area (Å²) in [6.07, 6.45) is 0. The average Bonchev–Trinajstić information content (AvgIpc) is 3.26. The molecule has 0 spiro atoms. The number of rotatable bonds is 1. The summed E-state index contributed by atoms with van der Waals surface area (Å²) in [5.41, 5.74) is 7.94. The van der Waals surface area contributed by atoms with Crippen LogP contribution in [-0.4, -0.2) is 32.2 Å². The van der Waals surface area contributed by atoms with Gasteiger partial charge in [0.25, 0.3) is 5.91 Å². The highest BCUT2D eigenvalue weighted by molar-refractivity contribution is 8.24. The Bertz CT molecular complexity index is 2000. The van der Waals surface area contributed by atoms with Gasteiger partial charge in [-0.3, -0.25) is 9.36 Å². The molecular formula is C35H30Cl6N5O2P. The fraction of sp³-hybridized carbons (Fsp3) is 0.0857. The quantitative estimate of drug-likeness (QED) is 0.165. The minimum Gasteiger partial charge on any atom is -0.378 e. The van der Waals surface area contributed by atoms with E-state index in [9.17, 15) is 9.36 Å². The van der Waals surface area contributed by atoms with Crippen molar-refractivity contribution in [3.63, 3.8) is 0 Å². The van der Waals surface area contributed by atoms with Crippen LogP contribution in [0.4, 0.5) is 39.8 Å². The van der Waals surface area contributed by atoms with Crippen molar-refractivity contribution in [2.75, 3.05) is 41.6 Å². The van der Waals surface area contributed by atoms with Crippen LogP contribution in [0.15, 0.2) is 120 Å². The van der Waals surface area contributed by atoms with Crippen LogP contribution in [0.2, 0.25) is 10.0 Å². The molecule has 5 aromatic rings. The molecule has 14 heteroatoms. The lowest BCUT2D eigenvalue weighted by Crippen LogP contribution is -2.11. The third-order valence-electron chi connectivity index (χ3n) is 6.95. The van der Waals surface area contributed by atoms with E-state index in [2.05, 4.69) is 71.3 Å². The summed E-state index contributed by atoms with van der Waals surface area (Å²) >= 11 is 32.0. The second kappa shape index (κ2) is 17.5. The highest BCUT2D eigenvalue weighted by Crippen LogP contribution is 2.61. The first-order valence-electron chi connectivity index (χ1n) is 14.5. The monoisotopic (exact) mass is 793 g/mol. The van der Waals surface area contributed by atoms with Crippen LogP contribution < -0.4 is 20.4 Å². The van der Waals surface area contributed by atoms with Crippen LogP contribution in [0.25, 0.3) is 0 Å². The normalized spacial score (nSPS) is 12.3. The summed E-state index contributed by atoms with van der Waals surface area (Å²) in [6.45, 7) is 0. The van der Waals surface area contributed by atoms with Gasteiger partial charge in [0, 0.05) is 42.4 Å². The molecule has 0 unspecified atom stereocenters. The summed E-state index contributed by atoms with van der Waals surface area (Å²) < 4.78 is 9.51. The number of carbonyl (C=O) groups excluding carboxylic acids is 1. The third-order valence-corrected chi connectivity index (χ3v) is 7.71. The van der Waals surface area contributed by atoms with Crippen molar-refractivity contribution in [1.29, 1.82) is 0 Å². The minimum absolute atomic E-state index is 0.130. The van der Waals surface area contributed by atoms with Gasteiger partial charge in [0.05, 0.1) is 39.7 Å². The molecule has 0 fully saturated rings. The second-order valence-electron chi connectivity index (χ2n) is 10.6. The highest BCUT2D eigenvalue weighted by Gasteiger charge is 2.20. The summed E-state index contributed by atoms with van der Waals surface area (Å²) in [6, 6.07) is 36.6. The van der Waals surface area contributed by atoms with E-state index in [1.165, 1.54) is 5.69 Å². The Kier molecular flexibility index (Phi) is 13.7. The molecule has 254 valence electrons. The Morgan fingerprint density at radius 1 is 0.653 bits per heavy atom. The second-order valence-corrected chi connectivity index (χ2v) is 18.4. The maximum absolute atomic E-state index is 12.0. The first kappa shape index (κ1) is 38.4. The van der Waals surface area contributed by atoms with Crippen LogP contribution in [-0.2, 0) is 4.57 Å². The van der Waals surface area contributed by atoms with Crippen molar-refractivity contribution in [3.8, 4) is 0 Å². The smallest absolute Gasteiger partial charge is 0.339 e. The summed E-state index contributed by atoms with van der Waals surface area (Å²) in [5, 5.41) is 4.56. The van der Waals surface area contributed by atoms with Gasteiger partial charge in [-0.2, -0.15) is 0 Å². The lowest BCUT2D eigenvalue weighted by molar-refractivity contribution is 0.102. The highest BCUT2D eigenvalue weighted by atomic mass is 36.0. The zero-order chi connectivity index (χ0) is 35.7. The molecule has 49 heavy (non-hydrogen) atoms. The third kappa shape index (κ3) is 11.3. The fourth-order valence-corrected chi connectivity index (χ4v) is 5.28. The number of nitrogens with zero attached hydrogens (tertiary/aromatic N) is 3. The number of fused-ring (bicyclic) bond motifs is 4. The Morgan fingerprint density at radius 3 is 1.88 bits per heavy atom. The molecule has 0 bridgehead atoms. The zero-order valence-electron chi connectivity index (χ0n) is 26.3. The topological polar surface area (TPSA) is 77.0 Å². The molecule has 0 aliphatic carbocycles. The molecule has 2 N–H and O–H groups in total. The lowest BCUT2D eigenvalue weighted by Gasteiger charge is -2.21. The van der Waals surface area contributed by atoms with Crippen molar-refractivity contribution in [1.82, 2.24) is 0 Å². The summed E-state index contributed by atoms with van der Waals surface area (Å²) in [5.74, 6) is -0.130. The van der Waals surface area contributed by atoms with Gasteiger partial charge >= 0.3 is 5.20 Å². The summed E-state index contributed by atoms with van der Waals surface area (Å²) in [7, 11) is 6.07. The number of nitrogens with one attached hydrogen (secondary N) is 2. The Labute approximate surface area is 315 Å². The number of aliphatic imine (C=N–C) groups is 1. The van der Waals surface area contributed by atoms with Crippen molar-refractivity contribution in [2.45, 2.75) is 0 Å². The van der Waals surface area contributed by atoms with Gasteiger partial charge in [0.15, 0.2) is 0 Å². The molecule has 0 aromatic heterocycles. The van der Waals surface area contributed by atoms with Crippen LogP contribution in [0.3, 0.4) is 0 Å². The van der Waals surface area contributed by atoms with E-state index in [1.54, 1.807) is 18.2 Å². The van der Waals surface area contributed by atoms with Gasteiger partial charge in [-0.05, 0) is 107 Å². The van der Waals surface area contributed by atoms with Crippen LogP contribution in [0.5, 0.6) is 0 Å². The minimum atomic E-state index is -3.22. The number of benzene rings is 5. The molecule has 0 saturated carbocycles. The van der Waals surface area contributed by atoms with Crippen molar-refractivity contribution < 1.29 is 9.36 Å². The molecule has 5 aromatic carbocycles. The lowest BCUT2D eigenvalue weighted by atomic mass is 10.1. The van der Waals surface area contributed by atoms with E-state index >= 15 is 0 Å². The van der Waals surface area contributed by atoms with Gasteiger partial charge in [0.1, 0.15) is 5.17 Å². The Balaban J connectivity index is 0.000000162. The number of hydrogen-bond donors (Lipinski definition) is 2. The number of amides is 1. The average molecular weight is 796 g/mol. The van der Waals surface area contributed by atoms with E-state index < -0.39 is 5.20 Å². The van der Waals surface area contributed by atoms with E-state index in [0.717, 1.165) is 34.0 Å². The largest absolute Gasteiger partial charge is 0.378 e. The molecular weight excluding hydrogens is 766 g/mol. The maximum atomic E-state index is 12.0. The first-order chi connectivity index (χ1) is 23.2. The molecule has 1 amide bonds. The maximum Gasteiger partial charge on any atom is 0.339 e. The number of carbonyl (C=O) groups is 1.